The maximum atomic E-state index is 10.7. The molecular weight excluding hydrogens is 134 g/mol. The Balaban J connectivity index is 2.63. The van der Waals surface area contributed by atoms with Crippen LogP contribution in [0.1, 0.15) is 13.8 Å². The number of nitrogens with one attached hydrogen (secondary N) is 1. The quantitative estimate of drug-likeness (QED) is 0.462. The fraction of sp³-hybridized carbons (Fsp3) is 0.667. The Morgan fingerprint density at radius 1 is 1.20 bits per heavy atom. The van der Waals surface area contributed by atoms with Gasteiger partial charge in [-0.2, -0.15) is 0 Å². The third-order valence-corrected chi connectivity index (χ3v) is 1.39. The molecule has 1 saturated heterocycles. The van der Waals surface area contributed by atoms with E-state index in [0.29, 0.717) is 0 Å². The Labute approximate surface area is 58.5 Å². The molecule has 0 aromatic heterocycles. The second-order valence-electron chi connectivity index (χ2n) is 2.27. The van der Waals surface area contributed by atoms with Gasteiger partial charge in [-0.05, 0) is 13.8 Å². The fourth-order valence-electron chi connectivity index (χ4n) is 0.754. The molecule has 0 unspecified atom stereocenters. The highest BCUT2D eigenvalue weighted by atomic mass is 16.5. The smallest absolute Gasteiger partial charge is 0.255 e. The Morgan fingerprint density at radius 3 is 1.90 bits per heavy atom. The van der Waals surface area contributed by atoms with Crippen molar-refractivity contribution in [2.45, 2.75) is 26.1 Å². The van der Waals surface area contributed by atoms with Crippen LogP contribution >= 0.6 is 0 Å². The first-order valence-corrected chi connectivity index (χ1v) is 3.11. The molecule has 0 aromatic carbocycles. The molecule has 1 aliphatic rings. The molecule has 1 rings (SSSR count). The summed E-state index contributed by atoms with van der Waals surface area (Å²) >= 11 is 0. The van der Waals surface area contributed by atoms with Crippen LogP contribution in [0.15, 0.2) is 0 Å². The molecule has 0 saturated carbocycles. The molecule has 1 N–H and O–H groups in total. The van der Waals surface area contributed by atoms with E-state index in [4.69, 9.17) is 4.74 Å². The molecule has 1 fully saturated rings. The summed E-state index contributed by atoms with van der Waals surface area (Å²) in [6.45, 7) is 3.22. The van der Waals surface area contributed by atoms with Crippen molar-refractivity contribution in [2.75, 3.05) is 0 Å². The standard InChI is InChI=1S/C6H9NO3/c1-3-5(8)7-6(9)4(2)10-3/h3-4H,1-2H3,(H,7,8,9)/t3-,4-/m0/s1. The number of ether oxygens (including phenoxy) is 1. The van der Waals surface area contributed by atoms with Gasteiger partial charge in [0, 0.05) is 0 Å². The topological polar surface area (TPSA) is 55.4 Å². The minimum atomic E-state index is -0.507. The lowest BCUT2D eigenvalue weighted by atomic mass is 10.2. The van der Waals surface area contributed by atoms with Gasteiger partial charge < -0.3 is 4.74 Å². The number of amides is 2. The van der Waals surface area contributed by atoms with E-state index in [9.17, 15) is 9.59 Å². The molecule has 0 spiro atoms. The van der Waals surface area contributed by atoms with Crippen LogP contribution in [0.5, 0.6) is 0 Å². The zero-order valence-electron chi connectivity index (χ0n) is 5.88. The summed E-state index contributed by atoms with van der Waals surface area (Å²) in [6, 6.07) is 0. The maximum Gasteiger partial charge on any atom is 0.255 e. The van der Waals surface area contributed by atoms with Crippen LogP contribution in [0.3, 0.4) is 0 Å². The summed E-state index contributed by atoms with van der Waals surface area (Å²) in [5.41, 5.74) is 0. The van der Waals surface area contributed by atoms with Gasteiger partial charge in [-0.1, -0.05) is 0 Å². The number of carbonyl (C=O) groups excluding carboxylic acids is 2. The molecule has 56 valence electrons. The summed E-state index contributed by atoms with van der Waals surface area (Å²) in [5.74, 6) is -0.716. The van der Waals surface area contributed by atoms with E-state index in [0.717, 1.165) is 0 Å². The summed E-state index contributed by atoms with van der Waals surface area (Å²) < 4.78 is 4.95. The van der Waals surface area contributed by atoms with E-state index in [2.05, 4.69) is 5.32 Å². The molecule has 0 bridgehead atoms. The van der Waals surface area contributed by atoms with Crippen LogP contribution in [0.4, 0.5) is 0 Å². The van der Waals surface area contributed by atoms with Crippen LogP contribution in [-0.4, -0.2) is 24.0 Å². The number of imide groups is 1. The van der Waals surface area contributed by atoms with E-state index >= 15 is 0 Å². The third-order valence-electron chi connectivity index (χ3n) is 1.39. The number of hydrogen-bond donors (Lipinski definition) is 1. The van der Waals surface area contributed by atoms with E-state index < -0.39 is 12.2 Å². The summed E-state index contributed by atoms with van der Waals surface area (Å²) in [7, 11) is 0. The van der Waals surface area contributed by atoms with Gasteiger partial charge >= 0.3 is 0 Å². The van der Waals surface area contributed by atoms with Gasteiger partial charge in [-0.3, -0.25) is 14.9 Å². The predicted molar refractivity (Wildman–Crippen MR) is 33.2 cm³/mol. The number of carbonyl (C=O) groups is 2. The number of hydrogen-bond acceptors (Lipinski definition) is 3. The van der Waals surface area contributed by atoms with Crippen LogP contribution in [0, 0.1) is 0 Å². The van der Waals surface area contributed by atoms with E-state index in [-0.39, 0.29) is 11.8 Å². The minimum absolute atomic E-state index is 0.358. The molecule has 2 amide bonds. The van der Waals surface area contributed by atoms with Gasteiger partial charge in [0.1, 0.15) is 12.2 Å². The molecule has 0 aliphatic carbocycles. The highest BCUT2D eigenvalue weighted by Crippen LogP contribution is 2.03. The van der Waals surface area contributed by atoms with Gasteiger partial charge in [-0.25, -0.2) is 0 Å². The first kappa shape index (κ1) is 7.21. The van der Waals surface area contributed by atoms with Crippen molar-refractivity contribution in [3.63, 3.8) is 0 Å². The van der Waals surface area contributed by atoms with Crippen molar-refractivity contribution in [1.29, 1.82) is 0 Å². The van der Waals surface area contributed by atoms with E-state index in [1.54, 1.807) is 13.8 Å². The first-order valence-electron chi connectivity index (χ1n) is 3.11. The average molecular weight is 143 g/mol. The molecule has 10 heavy (non-hydrogen) atoms. The summed E-state index contributed by atoms with van der Waals surface area (Å²) in [4.78, 5) is 21.4. The predicted octanol–water partition coefficient (Wildman–Crippen LogP) is -0.564. The van der Waals surface area contributed by atoms with Crippen LogP contribution in [0.25, 0.3) is 0 Å². The SMILES string of the molecule is C[C@@H]1O[C@@H](C)C(=O)NC1=O. The first-order chi connectivity index (χ1) is 4.61. The third kappa shape index (κ3) is 1.16. The lowest BCUT2D eigenvalue weighted by molar-refractivity contribution is -0.156. The second kappa shape index (κ2) is 2.38. The fourth-order valence-corrected chi connectivity index (χ4v) is 0.754. The van der Waals surface area contributed by atoms with Crippen LogP contribution in [-0.2, 0) is 14.3 Å². The van der Waals surface area contributed by atoms with Crippen molar-refractivity contribution in [2.24, 2.45) is 0 Å². The lowest BCUT2D eigenvalue weighted by Crippen LogP contribution is -2.51. The monoisotopic (exact) mass is 143 g/mol. The van der Waals surface area contributed by atoms with Crippen molar-refractivity contribution >= 4 is 11.8 Å². The normalized spacial score (nSPS) is 33.8. The molecule has 0 aromatic rings. The Morgan fingerprint density at radius 2 is 1.60 bits per heavy atom. The molecule has 4 heteroatoms. The molecular formula is C6H9NO3. The highest BCUT2D eigenvalue weighted by molar-refractivity contribution is 6.00. The van der Waals surface area contributed by atoms with E-state index in [1.807, 2.05) is 0 Å². The van der Waals surface area contributed by atoms with Crippen LogP contribution in [0.2, 0.25) is 0 Å². The Bertz CT molecular complexity index is 160. The van der Waals surface area contributed by atoms with Gasteiger partial charge in [0.15, 0.2) is 0 Å². The molecule has 1 aliphatic heterocycles. The largest absolute Gasteiger partial charge is 0.356 e. The number of morpholine rings is 1. The van der Waals surface area contributed by atoms with Gasteiger partial charge in [0.05, 0.1) is 0 Å². The molecule has 2 atom stereocenters. The maximum absolute atomic E-state index is 10.7. The minimum Gasteiger partial charge on any atom is -0.356 e. The Hall–Kier alpha value is -0.900. The number of rotatable bonds is 0. The van der Waals surface area contributed by atoms with Gasteiger partial charge in [0.2, 0.25) is 0 Å². The van der Waals surface area contributed by atoms with E-state index in [1.165, 1.54) is 0 Å². The van der Waals surface area contributed by atoms with Crippen LogP contribution < -0.4 is 5.32 Å². The lowest BCUT2D eigenvalue weighted by Gasteiger charge is -2.23. The zero-order valence-corrected chi connectivity index (χ0v) is 5.88. The van der Waals surface area contributed by atoms with Crippen molar-refractivity contribution in [1.82, 2.24) is 5.32 Å². The second-order valence-corrected chi connectivity index (χ2v) is 2.27. The van der Waals surface area contributed by atoms with Crippen molar-refractivity contribution in [3.05, 3.63) is 0 Å². The van der Waals surface area contributed by atoms with Crippen molar-refractivity contribution in [3.8, 4) is 0 Å². The Kier molecular flexibility index (Phi) is 1.72. The molecule has 4 nitrogen and oxygen atoms in total. The van der Waals surface area contributed by atoms with Gasteiger partial charge in [-0.15, -0.1) is 0 Å². The average Bonchev–Trinajstić information content (AvgIpc) is 1.84. The summed E-state index contributed by atoms with van der Waals surface area (Å²) in [6.07, 6.45) is -1.01. The van der Waals surface area contributed by atoms with Gasteiger partial charge in [0.25, 0.3) is 11.8 Å². The van der Waals surface area contributed by atoms with Crippen molar-refractivity contribution < 1.29 is 14.3 Å². The highest BCUT2D eigenvalue weighted by Gasteiger charge is 2.28. The summed E-state index contributed by atoms with van der Waals surface area (Å²) in [5, 5.41) is 2.18. The molecule has 1 heterocycles. The zero-order chi connectivity index (χ0) is 7.72. The molecule has 0 radical (unpaired) electrons.